The smallest absolute Gasteiger partial charge is 0.264 e. The van der Waals surface area contributed by atoms with E-state index in [-0.39, 0.29) is 5.91 Å². The molecule has 1 saturated carbocycles. The molecule has 0 saturated heterocycles. The van der Waals surface area contributed by atoms with E-state index in [0.29, 0.717) is 12.1 Å². The van der Waals surface area contributed by atoms with E-state index in [1.165, 1.54) is 10.4 Å². The third-order valence-electron chi connectivity index (χ3n) is 4.16. The van der Waals surface area contributed by atoms with E-state index in [1.807, 2.05) is 11.0 Å². The fourth-order valence-corrected chi connectivity index (χ4v) is 3.79. The third-order valence-corrected chi connectivity index (χ3v) is 5.30. The fourth-order valence-electron chi connectivity index (χ4n) is 2.80. The molecule has 1 aromatic rings. The highest BCUT2D eigenvalue weighted by atomic mass is 32.1. The molecular weight excluding hydrogens is 256 g/mol. The van der Waals surface area contributed by atoms with Crippen LogP contribution in [0.2, 0.25) is 0 Å². The third kappa shape index (κ3) is 3.18. The molecule has 0 spiro atoms. The quantitative estimate of drug-likeness (QED) is 0.924. The summed E-state index contributed by atoms with van der Waals surface area (Å²) in [7, 11) is 0. The molecule has 1 aromatic heterocycles. The van der Waals surface area contributed by atoms with Gasteiger partial charge in [-0.05, 0) is 58.1 Å². The topological polar surface area (TPSA) is 46.3 Å². The number of aryl methyl sites for hydroxylation is 2. The molecule has 1 aliphatic carbocycles. The Bertz CT molecular complexity index is 427. The fraction of sp³-hybridized carbons (Fsp3) is 0.667. The average Bonchev–Trinajstić information content (AvgIpc) is 2.73. The van der Waals surface area contributed by atoms with E-state index in [1.54, 1.807) is 11.3 Å². The van der Waals surface area contributed by atoms with Crippen molar-refractivity contribution in [2.24, 2.45) is 5.73 Å². The number of thiophene rings is 1. The molecule has 2 rings (SSSR count). The summed E-state index contributed by atoms with van der Waals surface area (Å²) in [6.07, 6.45) is 4.17. The number of carbonyl (C=O) groups excluding carboxylic acids is 1. The van der Waals surface area contributed by atoms with Gasteiger partial charge in [-0.3, -0.25) is 4.79 Å². The number of hydrogen-bond acceptors (Lipinski definition) is 3. The van der Waals surface area contributed by atoms with Gasteiger partial charge in [0, 0.05) is 23.5 Å². The van der Waals surface area contributed by atoms with Crippen molar-refractivity contribution in [2.45, 2.75) is 58.5 Å². The van der Waals surface area contributed by atoms with Crippen LogP contribution in [0.5, 0.6) is 0 Å². The van der Waals surface area contributed by atoms with Crippen LogP contribution in [0.25, 0.3) is 0 Å². The second-order valence-corrected chi connectivity index (χ2v) is 6.77. The average molecular weight is 280 g/mol. The van der Waals surface area contributed by atoms with Gasteiger partial charge in [-0.1, -0.05) is 0 Å². The van der Waals surface area contributed by atoms with Gasteiger partial charge in [0.05, 0.1) is 4.88 Å². The Balaban J connectivity index is 2.10. The Labute approximate surface area is 119 Å². The van der Waals surface area contributed by atoms with E-state index in [2.05, 4.69) is 20.8 Å². The zero-order valence-corrected chi connectivity index (χ0v) is 12.9. The molecule has 0 aromatic carbocycles. The van der Waals surface area contributed by atoms with Crippen molar-refractivity contribution >= 4 is 17.2 Å². The number of rotatable bonds is 3. The van der Waals surface area contributed by atoms with E-state index >= 15 is 0 Å². The molecule has 106 valence electrons. The first kappa shape index (κ1) is 14.5. The summed E-state index contributed by atoms with van der Waals surface area (Å²) >= 11 is 1.61. The van der Waals surface area contributed by atoms with Crippen molar-refractivity contribution in [3.63, 3.8) is 0 Å². The highest BCUT2D eigenvalue weighted by Crippen LogP contribution is 2.27. The van der Waals surface area contributed by atoms with Gasteiger partial charge in [0.15, 0.2) is 0 Å². The van der Waals surface area contributed by atoms with Crippen LogP contribution < -0.4 is 5.73 Å². The normalized spacial score (nSPS) is 23.4. The first-order valence-corrected chi connectivity index (χ1v) is 7.98. The molecule has 1 aliphatic rings. The predicted molar refractivity (Wildman–Crippen MR) is 80.7 cm³/mol. The minimum atomic E-state index is 0.198. The van der Waals surface area contributed by atoms with Gasteiger partial charge in [-0.25, -0.2) is 0 Å². The predicted octanol–water partition coefficient (Wildman–Crippen LogP) is 3.10. The molecule has 3 nitrogen and oxygen atoms in total. The lowest BCUT2D eigenvalue weighted by Crippen LogP contribution is -2.43. The number of amides is 1. The first-order chi connectivity index (χ1) is 9.02. The van der Waals surface area contributed by atoms with Crippen molar-refractivity contribution in [3.8, 4) is 0 Å². The molecule has 2 N–H and O–H groups in total. The Morgan fingerprint density at radius 2 is 2.00 bits per heavy atom. The minimum Gasteiger partial charge on any atom is -0.335 e. The molecule has 1 fully saturated rings. The number of carbonyl (C=O) groups is 1. The molecule has 0 radical (unpaired) electrons. The van der Waals surface area contributed by atoms with Gasteiger partial charge in [-0.15, -0.1) is 11.3 Å². The second-order valence-electron chi connectivity index (χ2n) is 5.51. The molecule has 1 heterocycles. The van der Waals surface area contributed by atoms with Crippen LogP contribution in [-0.2, 0) is 0 Å². The van der Waals surface area contributed by atoms with Crippen molar-refractivity contribution in [2.75, 3.05) is 6.54 Å². The van der Waals surface area contributed by atoms with Crippen LogP contribution in [0.15, 0.2) is 6.07 Å². The van der Waals surface area contributed by atoms with Gasteiger partial charge in [-0.2, -0.15) is 0 Å². The molecule has 1 amide bonds. The molecule has 0 atom stereocenters. The molecule has 19 heavy (non-hydrogen) atoms. The van der Waals surface area contributed by atoms with E-state index in [9.17, 15) is 4.79 Å². The Kier molecular flexibility index (Phi) is 4.63. The Morgan fingerprint density at radius 1 is 1.37 bits per heavy atom. The molecule has 0 aliphatic heterocycles. The first-order valence-electron chi connectivity index (χ1n) is 7.16. The zero-order valence-electron chi connectivity index (χ0n) is 12.1. The summed E-state index contributed by atoms with van der Waals surface area (Å²) in [6, 6.07) is 2.73. The van der Waals surface area contributed by atoms with Crippen LogP contribution in [-0.4, -0.2) is 29.4 Å². The molecule has 0 bridgehead atoms. The maximum absolute atomic E-state index is 12.6. The highest BCUT2D eigenvalue weighted by Gasteiger charge is 2.28. The molecule has 4 heteroatoms. The SMILES string of the molecule is CCN(C(=O)c1cc(C)c(C)s1)C1CCC(N)CC1. The summed E-state index contributed by atoms with van der Waals surface area (Å²) < 4.78 is 0. The summed E-state index contributed by atoms with van der Waals surface area (Å²) in [4.78, 5) is 16.8. The van der Waals surface area contributed by atoms with Gasteiger partial charge in [0.1, 0.15) is 0 Å². The summed E-state index contributed by atoms with van der Waals surface area (Å²) in [5.41, 5.74) is 7.17. The van der Waals surface area contributed by atoms with Crippen molar-refractivity contribution in [1.29, 1.82) is 0 Å². The van der Waals surface area contributed by atoms with Gasteiger partial charge in [0.25, 0.3) is 5.91 Å². The van der Waals surface area contributed by atoms with E-state index < -0.39 is 0 Å². The zero-order chi connectivity index (χ0) is 14.0. The van der Waals surface area contributed by atoms with Gasteiger partial charge in [0.2, 0.25) is 0 Å². The molecular formula is C15H24N2OS. The summed E-state index contributed by atoms with van der Waals surface area (Å²) in [5.74, 6) is 0.198. The lowest BCUT2D eigenvalue weighted by molar-refractivity contribution is 0.0645. The standard InChI is InChI=1S/C15H24N2OS/c1-4-17(13-7-5-12(16)6-8-13)15(18)14-9-10(2)11(3)19-14/h9,12-13H,4-8,16H2,1-3H3. The lowest BCUT2D eigenvalue weighted by atomic mass is 9.90. The monoisotopic (exact) mass is 280 g/mol. The maximum atomic E-state index is 12.6. The highest BCUT2D eigenvalue weighted by molar-refractivity contribution is 7.14. The number of nitrogens with two attached hydrogens (primary N) is 1. The van der Waals surface area contributed by atoms with Crippen molar-refractivity contribution in [3.05, 3.63) is 21.4 Å². The number of hydrogen-bond donors (Lipinski definition) is 1. The summed E-state index contributed by atoms with van der Waals surface area (Å²) in [5, 5.41) is 0. The van der Waals surface area contributed by atoms with E-state index in [4.69, 9.17) is 5.73 Å². The van der Waals surface area contributed by atoms with Crippen LogP contribution in [0.3, 0.4) is 0 Å². The maximum Gasteiger partial charge on any atom is 0.264 e. The van der Waals surface area contributed by atoms with Crippen LogP contribution >= 0.6 is 11.3 Å². The van der Waals surface area contributed by atoms with Crippen LogP contribution in [0, 0.1) is 13.8 Å². The van der Waals surface area contributed by atoms with Crippen LogP contribution in [0.4, 0.5) is 0 Å². The van der Waals surface area contributed by atoms with Gasteiger partial charge < -0.3 is 10.6 Å². The van der Waals surface area contributed by atoms with Crippen molar-refractivity contribution in [1.82, 2.24) is 4.90 Å². The van der Waals surface area contributed by atoms with E-state index in [0.717, 1.165) is 37.1 Å². The van der Waals surface area contributed by atoms with Crippen molar-refractivity contribution < 1.29 is 4.79 Å². The van der Waals surface area contributed by atoms with Gasteiger partial charge >= 0.3 is 0 Å². The lowest BCUT2D eigenvalue weighted by Gasteiger charge is -2.35. The Hall–Kier alpha value is -0.870. The largest absolute Gasteiger partial charge is 0.335 e. The number of nitrogens with zero attached hydrogens (tertiary/aromatic N) is 1. The van der Waals surface area contributed by atoms with Crippen LogP contribution in [0.1, 0.15) is 52.7 Å². The summed E-state index contributed by atoms with van der Waals surface area (Å²) in [6.45, 7) is 7.00. The second kappa shape index (κ2) is 6.06. The minimum absolute atomic E-state index is 0.198. The Morgan fingerprint density at radius 3 is 2.47 bits per heavy atom. The molecule has 0 unspecified atom stereocenters.